The highest BCUT2D eigenvalue weighted by Crippen LogP contribution is 2.27. The van der Waals surface area contributed by atoms with Crippen molar-refractivity contribution in [1.82, 2.24) is 10.2 Å². The lowest BCUT2D eigenvalue weighted by molar-refractivity contribution is 0.108. The van der Waals surface area contributed by atoms with Crippen LogP contribution in [0.3, 0.4) is 0 Å². The summed E-state index contributed by atoms with van der Waals surface area (Å²) in [6.45, 7) is 2.03. The second-order valence-electron chi connectivity index (χ2n) is 3.96. The molecule has 0 saturated heterocycles. The summed E-state index contributed by atoms with van der Waals surface area (Å²) in [6.07, 6.45) is 1.66. The van der Waals surface area contributed by atoms with Gasteiger partial charge in [-0.3, -0.25) is 9.89 Å². The number of rotatable bonds is 4. The van der Waals surface area contributed by atoms with Gasteiger partial charge in [0.05, 0.1) is 5.56 Å². The molecule has 0 spiro atoms. The van der Waals surface area contributed by atoms with Crippen molar-refractivity contribution in [3.05, 3.63) is 40.5 Å². The number of halogens is 2. The van der Waals surface area contributed by atoms with E-state index in [0.29, 0.717) is 16.3 Å². The Bertz CT molecular complexity index is 561. The van der Waals surface area contributed by atoms with Crippen LogP contribution in [0.25, 0.3) is 11.3 Å². The summed E-state index contributed by atoms with van der Waals surface area (Å²) in [5.41, 5.74) is 2.64. The normalized spacial score (nSPS) is 10.6. The number of carbonyl (C=O) groups excluding carboxylic acids is 1. The molecule has 0 bridgehead atoms. The van der Waals surface area contributed by atoms with E-state index >= 15 is 0 Å². The minimum atomic E-state index is -0.489. The van der Waals surface area contributed by atoms with Gasteiger partial charge in [-0.05, 0) is 30.2 Å². The highest BCUT2D eigenvalue weighted by molar-refractivity contribution is 6.68. The molecule has 0 aliphatic heterocycles. The number of nitrogens with zero attached hydrogens (tertiary/aromatic N) is 1. The van der Waals surface area contributed by atoms with Crippen molar-refractivity contribution in [2.45, 2.75) is 19.8 Å². The van der Waals surface area contributed by atoms with E-state index in [0.717, 1.165) is 24.1 Å². The van der Waals surface area contributed by atoms with E-state index in [9.17, 15) is 4.79 Å². The molecule has 1 aromatic carbocycles. The lowest BCUT2D eigenvalue weighted by Crippen LogP contribution is -1.96. The van der Waals surface area contributed by atoms with Gasteiger partial charge in [-0.1, -0.05) is 37.1 Å². The molecule has 0 saturated carbocycles. The van der Waals surface area contributed by atoms with Gasteiger partial charge in [-0.2, -0.15) is 5.10 Å². The van der Waals surface area contributed by atoms with E-state index in [2.05, 4.69) is 10.2 Å². The van der Waals surface area contributed by atoms with Crippen molar-refractivity contribution in [2.24, 2.45) is 0 Å². The van der Waals surface area contributed by atoms with E-state index in [1.54, 1.807) is 12.1 Å². The summed E-state index contributed by atoms with van der Waals surface area (Å²) in [5, 5.41) is 7.22. The Balaban J connectivity index is 2.50. The predicted octanol–water partition coefficient (Wildman–Crippen LogP) is 4.06. The SMILES string of the molecule is CCCc1[nH]nc(-c2ccc(Cl)cc2)c1C(=O)Cl. The maximum Gasteiger partial charge on any atom is 0.256 e. The third-order valence-electron chi connectivity index (χ3n) is 2.66. The molecular formula is C13H12Cl2N2O. The third kappa shape index (κ3) is 2.57. The molecule has 0 aliphatic carbocycles. The minimum absolute atomic E-state index is 0.459. The summed E-state index contributed by atoms with van der Waals surface area (Å²) in [7, 11) is 0. The number of aromatic nitrogens is 2. The maximum atomic E-state index is 11.5. The van der Waals surface area contributed by atoms with Crippen molar-refractivity contribution in [1.29, 1.82) is 0 Å². The fourth-order valence-corrected chi connectivity index (χ4v) is 2.17. The van der Waals surface area contributed by atoms with E-state index in [-0.39, 0.29) is 0 Å². The molecule has 0 amide bonds. The second kappa shape index (κ2) is 5.55. The van der Waals surface area contributed by atoms with Crippen molar-refractivity contribution >= 4 is 28.4 Å². The molecular weight excluding hydrogens is 271 g/mol. The van der Waals surface area contributed by atoms with E-state index in [1.165, 1.54) is 0 Å². The summed E-state index contributed by atoms with van der Waals surface area (Å²) < 4.78 is 0. The monoisotopic (exact) mass is 282 g/mol. The lowest BCUT2D eigenvalue weighted by atomic mass is 10.0. The summed E-state index contributed by atoms with van der Waals surface area (Å²) in [4.78, 5) is 11.5. The molecule has 2 rings (SSSR count). The quantitative estimate of drug-likeness (QED) is 0.860. The zero-order valence-corrected chi connectivity index (χ0v) is 11.3. The number of benzene rings is 1. The molecule has 0 radical (unpaired) electrons. The van der Waals surface area contributed by atoms with Gasteiger partial charge in [0.25, 0.3) is 5.24 Å². The van der Waals surface area contributed by atoms with Crippen molar-refractivity contribution in [2.75, 3.05) is 0 Å². The van der Waals surface area contributed by atoms with Crippen LogP contribution < -0.4 is 0 Å². The van der Waals surface area contributed by atoms with E-state index in [1.807, 2.05) is 19.1 Å². The average Bonchev–Trinajstić information content (AvgIpc) is 2.74. The molecule has 5 heteroatoms. The molecule has 0 atom stereocenters. The fourth-order valence-electron chi connectivity index (χ4n) is 1.84. The van der Waals surface area contributed by atoms with Gasteiger partial charge in [0.15, 0.2) is 0 Å². The van der Waals surface area contributed by atoms with Crippen molar-refractivity contribution < 1.29 is 4.79 Å². The molecule has 3 nitrogen and oxygen atoms in total. The van der Waals surface area contributed by atoms with Crippen LogP contribution in [0.4, 0.5) is 0 Å². The second-order valence-corrected chi connectivity index (χ2v) is 4.74. The van der Waals surface area contributed by atoms with Crippen LogP contribution in [0.1, 0.15) is 29.4 Å². The van der Waals surface area contributed by atoms with Crippen LogP contribution in [0.2, 0.25) is 5.02 Å². The smallest absolute Gasteiger partial charge is 0.256 e. The first-order valence-corrected chi connectivity index (χ1v) is 6.42. The Kier molecular flexibility index (Phi) is 4.04. The standard InChI is InChI=1S/C13H12Cl2N2O/c1-2-3-10-11(13(15)18)12(17-16-10)8-4-6-9(14)7-5-8/h4-7H,2-3H2,1H3,(H,16,17). The minimum Gasteiger partial charge on any atom is -0.281 e. The molecule has 0 unspecified atom stereocenters. The summed E-state index contributed by atoms with van der Waals surface area (Å²) >= 11 is 11.5. The average molecular weight is 283 g/mol. The number of hydrogen-bond acceptors (Lipinski definition) is 2. The zero-order valence-electron chi connectivity index (χ0n) is 9.84. The number of aryl methyl sites for hydroxylation is 1. The lowest BCUT2D eigenvalue weighted by Gasteiger charge is -2.01. The van der Waals surface area contributed by atoms with Gasteiger partial charge < -0.3 is 0 Å². The van der Waals surface area contributed by atoms with Gasteiger partial charge in [-0.25, -0.2) is 0 Å². The Morgan fingerprint density at radius 3 is 2.56 bits per heavy atom. The van der Waals surface area contributed by atoms with Crippen LogP contribution in [0.15, 0.2) is 24.3 Å². The highest BCUT2D eigenvalue weighted by Gasteiger charge is 2.19. The highest BCUT2D eigenvalue weighted by atomic mass is 35.5. The first-order chi connectivity index (χ1) is 8.63. The Hall–Kier alpha value is -1.32. The molecule has 18 heavy (non-hydrogen) atoms. The fraction of sp³-hybridized carbons (Fsp3) is 0.231. The van der Waals surface area contributed by atoms with Crippen LogP contribution in [-0.2, 0) is 6.42 Å². The number of aromatic amines is 1. The summed E-state index contributed by atoms with van der Waals surface area (Å²) in [6, 6.07) is 7.15. The molecule has 94 valence electrons. The molecule has 1 N–H and O–H groups in total. The largest absolute Gasteiger partial charge is 0.281 e. The first kappa shape index (κ1) is 13.1. The Morgan fingerprint density at radius 1 is 1.33 bits per heavy atom. The van der Waals surface area contributed by atoms with Crippen LogP contribution in [0.5, 0.6) is 0 Å². The molecule has 1 heterocycles. The number of carbonyl (C=O) groups is 1. The number of nitrogens with one attached hydrogen (secondary N) is 1. The van der Waals surface area contributed by atoms with Gasteiger partial charge >= 0.3 is 0 Å². The molecule has 0 aliphatic rings. The number of hydrogen-bond donors (Lipinski definition) is 1. The van der Waals surface area contributed by atoms with E-state index < -0.39 is 5.24 Å². The van der Waals surface area contributed by atoms with Gasteiger partial charge in [0, 0.05) is 16.3 Å². The van der Waals surface area contributed by atoms with Gasteiger partial charge in [-0.15, -0.1) is 0 Å². The molecule has 1 aromatic heterocycles. The number of H-pyrrole nitrogens is 1. The third-order valence-corrected chi connectivity index (χ3v) is 3.10. The molecule has 0 fully saturated rings. The Morgan fingerprint density at radius 2 is 2.00 bits per heavy atom. The zero-order chi connectivity index (χ0) is 13.1. The Labute approximate surface area is 115 Å². The van der Waals surface area contributed by atoms with E-state index in [4.69, 9.17) is 23.2 Å². The van der Waals surface area contributed by atoms with Gasteiger partial charge in [0.1, 0.15) is 5.69 Å². The maximum absolute atomic E-state index is 11.5. The molecule has 2 aromatic rings. The van der Waals surface area contributed by atoms with Crippen LogP contribution >= 0.6 is 23.2 Å². The van der Waals surface area contributed by atoms with Crippen molar-refractivity contribution in [3.63, 3.8) is 0 Å². The topological polar surface area (TPSA) is 45.8 Å². The predicted molar refractivity (Wildman–Crippen MR) is 73.2 cm³/mol. The first-order valence-electron chi connectivity index (χ1n) is 5.66. The van der Waals surface area contributed by atoms with Crippen molar-refractivity contribution in [3.8, 4) is 11.3 Å². The van der Waals surface area contributed by atoms with Gasteiger partial charge in [0.2, 0.25) is 0 Å². The summed E-state index contributed by atoms with van der Waals surface area (Å²) in [5.74, 6) is 0. The van der Waals surface area contributed by atoms with Crippen LogP contribution in [0, 0.1) is 0 Å². The van der Waals surface area contributed by atoms with Crippen LogP contribution in [-0.4, -0.2) is 15.4 Å².